The second kappa shape index (κ2) is 7.87. The van der Waals surface area contributed by atoms with Crippen LogP contribution in [0, 0.1) is 0 Å². The van der Waals surface area contributed by atoms with Gasteiger partial charge in [0.1, 0.15) is 18.1 Å². The van der Waals surface area contributed by atoms with Crippen LogP contribution in [-0.4, -0.2) is 35.7 Å². The number of nitrogens with one attached hydrogen (secondary N) is 1. The zero-order valence-corrected chi connectivity index (χ0v) is 15.3. The highest BCUT2D eigenvalue weighted by Gasteiger charge is 2.11. The summed E-state index contributed by atoms with van der Waals surface area (Å²) in [6.07, 6.45) is 0. The van der Waals surface area contributed by atoms with Gasteiger partial charge in [-0.25, -0.2) is 4.98 Å². The largest absolute Gasteiger partial charge is 0.485 e. The summed E-state index contributed by atoms with van der Waals surface area (Å²) in [5.41, 5.74) is 1.92. The second-order valence-corrected chi connectivity index (χ2v) is 6.19. The minimum Gasteiger partial charge on any atom is -0.485 e. The Morgan fingerprint density at radius 2 is 1.89 bits per heavy atom. The summed E-state index contributed by atoms with van der Waals surface area (Å²) in [6, 6.07) is 17.2. The van der Waals surface area contributed by atoms with Crippen molar-refractivity contribution in [3.8, 4) is 5.75 Å². The van der Waals surface area contributed by atoms with Crippen molar-refractivity contribution in [2.45, 2.75) is 19.7 Å². The zero-order valence-electron chi connectivity index (χ0n) is 15.3. The summed E-state index contributed by atoms with van der Waals surface area (Å²) in [4.78, 5) is 18.0. The second-order valence-electron chi connectivity index (χ2n) is 6.19. The van der Waals surface area contributed by atoms with Crippen LogP contribution in [0.1, 0.15) is 11.6 Å². The number of amides is 1. The van der Waals surface area contributed by atoms with E-state index in [-0.39, 0.29) is 19.1 Å². The Kier molecular flexibility index (Phi) is 4.96. The molecule has 0 saturated carbocycles. The van der Waals surface area contributed by atoms with Gasteiger partial charge in [-0.1, -0.05) is 30.3 Å². The van der Waals surface area contributed by atoms with E-state index in [1.165, 1.54) is 4.80 Å². The Morgan fingerprint density at radius 3 is 2.71 bits per heavy atom. The topological polar surface area (TPSA) is 99.8 Å². The molecule has 0 unspecified atom stereocenters. The van der Waals surface area contributed by atoms with Crippen molar-refractivity contribution in [1.29, 1.82) is 0 Å². The normalized spacial score (nSPS) is 10.9. The van der Waals surface area contributed by atoms with Crippen LogP contribution < -0.4 is 10.1 Å². The average Bonchev–Trinajstić information content (AvgIpc) is 3.30. The molecule has 0 aliphatic rings. The van der Waals surface area contributed by atoms with Gasteiger partial charge in [0.15, 0.2) is 6.61 Å². The van der Waals surface area contributed by atoms with Crippen molar-refractivity contribution in [1.82, 2.24) is 35.1 Å². The Bertz CT molecular complexity index is 1090. The summed E-state index contributed by atoms with van der Waals surface area (Å²) in [5.74, 6) is 1.68. The van der Waals surface area contributed by atoms with E-state index >= 15 is 0 Å². The van der Waals surface area contributed by atoms with Crippen molar-refractivity contribution in [2.24, 2.45) is 7.05 Å². The predicted molar refractivity (Wildman–Crippen MR) is 101 cm³/mol. The molecule has 0 fully saturated rings. The minimum absolute atomic E-state index is 0.0255. The average molecular weight is 377 g/mol. The van der Waals surface area contributed by atoms with Crippen LogP contribution in [-0.2, 0) is 31.5 Å². The lowest BCUT2D eigenvalue weighted by molar-refractivity contribution is -0.122. The molecule has 1 N–H and O–H groups in total. The smallest absolute Gasteiger partial charge is 0.244 e. The number of carbonyl (C=O) groups excluding carboxylic acids is 1. The van der Waals surface area contributed by atoms with Gasteiger partial charge in [-0.2, -0.15) is 4.80 Å². The Balaban J connectivity index is 1.30. The molecule has 9 nitrogen and oxygen atoms in total. The van der Waals surface area contributed by atoms with Crippen LogP contribution in [0.15, 0.2) is 54.6 Å². The molecule has 1 amide bonds. The molecule has 142 valence electrons. The van der Waals surface area contributed by atoms with Crippen LogP contribution in [0.5, 0.6) is 5.75 Å². The molecular formula is C19H19N7O2. The van der Waals surface area contributed by atoms with Gasteiger partial charge < -0.3 is 14.6 Å². The number of hydrogen-bond acceptors (Lipinski definition) is 6. The van der Waals surface area contributed by atoms with Crippen molar-refractivity contribution < 1.29 is 9.53 Å². The maximum absolute atomic E-state index is 12.2. The molecule has 9 heteroatoms. The van der Waals surface area contributed by atoms with Crippen molar-refractivity contribution >= 4 is 16.9 Å². The number of ether oxygens (including phenoxy) is 1. The number of fused-ring (bicyclic) bond motifs is 1. The van der Waals surface area contributed by atoms with Crippen molar-refractivity contribution in [2.75, 3.05) is 0 Å². The van der Waals surface area contributed by atoms with Gasteiger partial charge in [0.2, 0.25) is 11.7 Å². The molecule has 0 aliphatic carbocycles. The molecule has 4 aromatic rings. The fourth-order valence-corrected chi connectivity index (χ4v) is 2.78. The van der Waals surface area contributed by atoms with Crippen LogP contribution in [0.2, 0.25) is 0 Å². The maximum Gasteiger partial charge on any atom is 0.244 e. The number of rotatable bonds is 7. The van der Waals surface area contributed by atoms with E-state index in [2.05, 4.69) is 25.7 Å². The van der Waals surface area contributed by atoms with Crippen molar-refractivity contribution in [3.63, 3.8) is 0 Å². The van der Waals surface area contributed by atoms with E-state index in [0.717, 1.165) is 22.6 Å². The summed E-state index contributed by atoms with van der Waals surface area (Å²) in [5, 5.41) is 14.8. The Hall–Kier alpha value is -3.75. The van der Waals surface area contributed by atoms with Crippen LogP contribution in [0.4, 0.5) is 0 Å². The molecule has 0 atom stereocenters. The number of aromatic nitrogens is 6. The summed E-state index contributed by atoms with van der Waals surface area (Å²) in [7, 11) is 1.93. The highest BCUT2D eigenvalue weighted by atomic mass is 16.5. The number of benzene rings is 2. The van der Waals surface area contributed by atoms with Gasteiger partial charge in [-0.05, 0) is 29.5 Å². The molecule has 2 aromatic heterocycles. The highest BCUT2D eigenvalue weighted by Crippen LogP contribution is 2.14. The molecule has 0 radical (unpaired) electrons. The maximum atomic E-state index is 12.2. The van der Waals surface area contributed by atoms with Gasteiger partial charge in [0.25, 0.3) is 0 Å². The molecule has 0 bridgehead atoms. The van der Waals surface area contributed by atoms with Gasteiger partial charge >= 0.3 is 0 Å². The summed E-state index contributed by atoms with van der Waals surface area (Å²) in [6.45, 7) is 0.483. The number of para-hydroxylation sites is 3. The zero-order chi connectivity index (χ0) is 19.3. The van der Waals surface area contributed by atoms with Gasteiger partial charge in [-0.15, -0.1) is 10.2 Å². The lowest BCUT2D eigenvalue weighted by Crippen LogP contribution is -2.29. The Labute approximate surface area is 160 Å². The highest BCUT2D eigenvalue weighted by molar-refractivity contribution is 5.77. The minimum atomic E-state index is -0.222. The SMILES string of the molecule is Cn1c(CNC(=O)Cn2nnc(COc3ccccc3)n2)nc2ccccc21. The summed E-state index contributed by atoms with van der Waals surface area (Å²) >= 11 is 0. The first kappa shape index (κ1) is 17.7. The molecular weight excluding hydrogens is 358 g/mol. The van der Waals surface area contributed by atoms with Crippen LogP contribution >= 0.6 is 0 Å². The fraction of sp³-hybridized carbons (Fsp3) is 0.211. The van der Waals surface area contributed by atoms with E-state index < -0.39 is 0 Å². The molecule has 4 rings (SSSR count). The van der Waals surface area contributed by atoms with Gasteiger partial charge in [-0.3, -0.25) is 4.79 Å². The first-order chi connectivity index (χ1) is 13.7. The summed E-state index contributed by atoms with van der Waals surface area (Å²) < 4.78 is 7.53. The molecule has 2 heterocycles. The molecule has 0 aliphatic heterocycles. The van der Waals surface area contributed by atoms with Gasteiger partial charge in [0.05, 0.1) is 17.6 Å². The predicted octanol–water partition coefficient (Wildman–Crippen LogP) is 1.46. The van der Waals surface area contributed by atoms with Gasteiger partial charge in [0, 0.05) is 7.05 Å². The monoisotopic (exact) mass is 377 g/mol. The molecule has 0 saturated heterocycles. The number of tetrazole rings is 1. The fourth-order valence-electron chi connectivity index (χ4n) is 2.78. The number of hydrogen-bond donors (Lipinski definition) is 1. The first-order valence-electron chi connectivity index (χ1n) is 8.80. The number of carbonyl (C=O) groups is 1. The van der Waals surface area contributed by atoms with E-state index in [4.69, 9.17) is 4.74 Å². The number of imidazole rings is 1. The lowest BCUT2D eigenvalue weighted by Gasteiger charge is -2.05. The van der Waals surface area contributed by atoms with E-state index in [1.54, 1.807) is 0 Å². The standard InChI is InChI=1S/C19H19N7O2/c1-25-16-10-6-5-9-15(16)21-18(25)11-20-19(27)12-26-23-17(22-24-26)13-28-14-7-3-2-4-8-14/h2-10H,11-13H2,1H3,(H,20,27). The first-order valence-corrected chi connectivity index (χ1v) is 8.80. The van der Waals surface area contributed by atoms with E-state index in [1.807, 2.05) is 66.2 Å². The van der Waals surface area contributed by atoms with Crippen LogP contribution in [0.3, 0.4) is 0 Å². The van der Waals surface area contributed by atoms with E-state index in [9.17, 15) is 4.79 Å². The molecule has 2 aromatic carbocycles. The number of aryl methyl sites for hydroxylation is 1. The van der Waals surface area contributed by atoms with Crippen molar-refractivity contribution in [3.05, 3.63) is 66.2 Å². The quantitative estimate of drug-likeness (QED) is 0.523. The lowest BCUT2D eigenvalue weighted by atomic mass is 10.3. The van der Waals surface area contributed by atoms with Crippen LogP contribution in [0.25, 0.3) is 11.0 Å². The number of nitrogens with zero attached hydrogens (tertiary/aromatic N) is 6. The third-order valence-electron chi connectivity index (χ3n) is 4.21. The third kappa shape index (κ3) is 3.98. The Morgan fingerprint density at radius 1 is 1.11 bits per heavy atom. The van der Waals surface area contributed by atoms with E-state index in [0.29, 0.717) is 12.4 Å². The molecule has 28 heavy (non-hydrogen) atoms. The third-order valence-corrected chi connectivity index (χ3v) is 4.21. The molecule has 0 spiro atoms.